The maximum atomic E-state index is 8.82. The van der Waals surface area contributed by atoms with E-state index in [2.05, 4.69) is 94.2 Å². The van der Waals surface area contributed by atoms with Crippen LogP contribution in [0.2, 0.25) is 0 Å². The van der Waals surface area contributed by atoms with Gasteiger partial charge in [0.05, 0.1) is 20.8 Å². The Morgan fingerprint density at radius 2 is 1.60 bits per heavy atom. The van der Waals surface area contributed by atoms with E-state index in [0.717, 1.165) is 76.4 Å². The van der Waals surface area contributed by atoms with Crippen LogP contribution in [0, 0.1) is 26.0 Å². The van der Waals surface area contributed by atoms with E-state index in [-0.39, 0.29) is 25.5 Å². The first-order valence-corrected chi connectivity index (χ1v) is 17.3. The molecule has 0 aliphatic rings. The van der Waals surface area contributed by atoms with Gasteiger partial charge < -0.3 is 14.4 Å². The van der Waals surface area contributed by atoms with E-state index in [1.807, 2.05) is 68.6 Å². The van der Waals surface area contributed by atoms with Gasteiger partial charge in [-0.25, -0.2) is 4.98 Å². The number of benzene rings is 4. The topological polar surface area (TPSA) is 51.8 Å². The Hall–Kier alpha value is -4.48. The maximum Gasteiger partial charge on any atom is 0.123 e. The van der Waals surface area contributed by atoms with Gasteiger partial charge in [0, 0.05) is 50.7 Å². The number of rotatable bonds is 4. The van der Waals surface area contributed by atoms with Gasteiger partial charge in [-0.1, -0.05) is 82.0 Å². The molecule has 8 rings (SSSR count). The number of thiazole rings is 1. The third-order valence-corrected chi connectivity index (χ3v) is 10.1. The van der Waals surface area contributed by atoms with Gasteiger partial charge in [0.1, 0.15) is 5.58 Å². The summed E-state index contributed by atoms with van der Waals surface area (Å²) in [5.74, 6) is -0.796. The van der Waals surface area contributed by atoms with E-state index in [0.29, 0.717) is 0 Å². The molecule has 8 aromatic rings. The Kier molecular flexibility index (Phi) is 9.79. The fraction of sp³-hybridized carbons (Fsp3) is 0.205. The zero-order valence-corrected chi connectivity index (χ0v) is 32.5. The van der Waals surface area contributed by atoms with Crippen LogP contribution >= 0.6 is 11.3 Å². The summed E-state index contributed by atoms with van der Waals surface area (Å²) in [6.07, 6.45) is 3.64. The van der Waals surface area contributed by atoms with Crippen LogP contribution < -0.4 is 0 Å². The van der Waals surface area contributed by atoms with Gasteiger partial charge in [0.25, 0.3) is 0 Å². The second-order valence-corrected chi connectivity index (χ2v) is 14.7. The number of aromatic nitrogens is 3. The van der Waals surface area contributed by atoms with Crippen molar-refractivity contribution in [2.45, 2.75) is 59.8 Å². The summed E-state index contributed by atoms with van der Waals surface area (Å²) in [5, 5.41) is 3.24. The summed E-state index contributed by atoms with van der Waals surface area (Å²) in [6, 6.07) is 36.9. The number of hydrogen-bond acceptors (Lipinski definition) is 5. The molecule has 0 aliphatic heterocycles. The summed E-state index contributed by atoms with van der Waals surface area (Å²) in [4.78, 5) is 14.0. The smallest absolute Gasteiger partial charge is 0.123 e. The van der Waals surface area contributed by atoms with Gasteiger partial charge in [-0.2, -0.15) is 0 Å². The molecule has 4 aromatic heterocycles. The monoisotopic (exact) mass is 851 g/mol. The SMILES string of the molecule is [2H]C(C)(C)c1cnc(-c2[c-]ccc3c2oc2cc4nc(C(C)(C)C)sc4cc23)cc1-c1c(C)cccc1C.[Ir].[c-]1ccccc1-c1ccccn1. The second kappa shape index (κ2) is 14.4. The largest absolute Gasteiger partial charge is 0.501 e. The van der Waals surface area contributed by atoms with Gasteiger partial charge in [-0.05, 0) is 71.1 Å². The van der Waals surface area contributed by atoms with E-state index in [9.17, 15) is 0 Å². The molecule has 0 N–H and O–H groups in total. The van der Waals surface area contributed by atoms with Crippen LogP contribution in [0.3, 0.4) is 0 Å². The summed E-state index contributed by atoms with van der Waals surface area (Å²) < 4.78 is 16.5. The summed E-state index contributed by atoms with van der Waals surface area (Å²) in [7, 11) is 0. The van der Waals surface area contributed by atoms with Gasteiger partial charge in [0.15, 0.2) is 0 Å². The van der Waals surface area contributed by atoms with E-state index in [1.54, 1.807) is 17.5 Å². The van der Waals surface area contributed by atoms with Crippen molar-refractivity contribution in [3.63, 3.8) is 0 Å². The molecule has 1 radical (unpaired) electrons. The Bertz CT molecular complexity index is 2420. The molecule has 0 aliphatic carbocycles. The Labute approximate surface area is 313 Å². The van der Waals surface area contributed by atoms with Gasteiger partial charge in [-0.15, -0.1) is 65.4 Å². The van der Waals surface area contributed by atoms with Gasteiger partial charge >= 0.3 is 0 Å². The molecule has 0 spiro atoms. The van der Waals surface area contributed by atoms with Crippen molar-refractivity contribution in [3.8, 4) is 33.6 Å². The molecule has 253 valence electrons. The molecule has 0 fully saturated rings. The van der Waals surface area contributed by atoms with E-state index >= 15 is 0 Å². The Morgan fingerprint density at radius 1 is 0.820 bits per heavy atom. The predicted octanol–water partition coefficient (Wildman–Crippen LogP) is 12.3. The average Bonchev–Trinajstić information content (AvgIpc) is 3.69. The maximum absolute atomic E-state index is 8.82. The summed E-state index contributed by atoms with van der Waals surface area (Å²) in [6.45, 7) is 14.7. The van der Waals surface area contributed by atoms with E-state index in [1.165, 1.54) is 11.1 Å². The molecule has 6 heteroatoms. The number of furan rings is 1. The van der Waals surface area contributed by atoms with Crippen molar-refractivity contribution in [2.24, 2.45) is 0 Å². The fourth-order valence-electron chi connectivity index (χ4n) is 6.18. The first-order chi connectivity index (χ1) is 23.9. The van der Waals surface area contributed by atoms with Gasteiger partial charge in [0.2, 0.25) is 0 Å². The first-order valence-electron chi connectivity index (χ1n) is 17.0. The van der Waals surface area contributed by atoms with Crippen molar-refractivity contribution in [2.75, 3.05) is 0 Å². The van der Waals surface area contributed by atoms with Crippen LogP contribution in [-0.2, 0) is 25.5 Å². The molecule has 0 saturated carbocycles. The third kappa shape index (κ3) is 6.93. The van der Waals surface area contributed by atoms with Crippen LogP contribution in [-0.4, -0.2) is 15.0 Å². The van der Waals surface area contributed by atoms with E-state index < -0.39 is 5.89 Å². The minimum Gasteiger partial charge on any atom is -0.501 e. The average molecular weight is 851 g/mol. The number of hydrogen-bond donors (Lipinski definition) is 0. The first kappa shape index (κ1) is 34.0. The molecule has 50 heavy (non-hydrogen) atoms. The number of pyridine rings is 2. The number of aryl methyl sites for hydroxylation is 2. The minimum atomic E-state index is -0.796. The standard InChI is InChI=1S/C33H31N2OS.C11H8N.Ir/c1-18(2)25-17-34-26(14-24(25)30-19(3)10-8-11-20(30)4)22-13-9-12-21-23-15-29-27(16-28(23)36-31(21)22)35-32(37-29)33(5,6)7;1-2-6-10(7-3-1)11-8-4-5-9-12-11;/h8-12,14-18H,1-7H3;1-6,8-9H;/q2*-1;/i18D;;. The molecule has 0 amide bonds. The van der Waals surface area contributed by atoms with E-state index in [4.69, 9.17) is 15.8 Å². The van der Waals surface area contributed by atoms with Crippen LogP contribution in [0.4, 0.5) is 0 Å². The molecule has 4 nitrogen and oxygen atoms in total. The zero-order chi connectivity index (χ0) is 35.2. The van der Waals surface area contributed by atoms with Crippen molar-refractivity contribution in [3.05, 3.63) is 137 Å². The molecule has 0 atom stereocenters. The molecule has 0 unspecified atom stereocenters. The van der Waals surface area contributed by atoms with Gasteiger partial charge in [-0.3, -0.25) is 0 Å². The Balaban J connectivity index is 0.000000291. The van der Waals surface area contributed by atoms with Crippen LogP contribution in [0.25, 0.3) is 65.8 Å². The number of fused-ring (bicyclic) bond motifs is 4. The van der Waals surface area contributed by atoms with Crippen molar-refractivity contribution in [1.29, 1.82) is 0 Å². The molecular formula is C44H39IrN3OS-2. The minimum absolute atomic E-state index is 0. The second-order valence-electron chi connectivity index (χ2n) is 13.7. The molecule has 0 bridgehead atoms. The molecule has 4 heterocycles. The summed E-state index contributed by atoms with van der Waals surface area (Å²) >= 11 is 1.75. The quantitative estimate of drug-likeness (QED) is 0.166. The number of nitrogens with zero attached hydrogens (tertiary/aromatic N) is 3. The summed E-state index contributed by atoms with van der Waals surface area (Å²) in [5.41, 5.74) is 11.6. The Morgan fingerprint density at radius 3 is 2.28 bits per heavy atom. The van der Waals surface area contributed by atoms with Crippen LogP contribution in [0.15, 0.2) is 108 Å². The molecular weight excluding hydrogens is 811 g/mol. The van der Waals surface area contributed by atoms with Crippen molar-refractivity contribution >= 4 is 43.5 Å². The molecule has 0 saturated heterocycles. The normalized spacial score (nSPS) is 12.0. The molecule has 4 aromatic carbocycles. The van der Waals surface area contributed by atoms with Crippen LogP contribution in [0.5, 0.6) is 0 Å². The zero-order valence-electron chi connectivity index (χ0n) is 30.3. The van der Waals surface area contributed by atoms with Crippen molar-refractivity contribution < 1.29 is 25.9 Å². The van der Waals surface area contributed by atoms with Crippen LogP contribution in [0.1, 0.15) is 63.6 Å². The fourth-order valence-corrected chi connectivity index (χ4v) is 7.23. The third-order valence-electron chi connectivity index (χ3n) is 8.68. The van der Waals surface area contributed by atoms with Crippen molar-refractivity contribution in [1.82, 2.24) is 15.0 Å². The predicted molar refractivity (Wildman–Crippen MR) is 205 cm³/mol.